The molecular weight excluding hydrogens is 214 g/mol. The molecule has 2 aromatic rings. The molecule has 0 saturated carbocycles. The Kier molecular flexibility index (Phi) is 3.44. The molecule has 0 spiro atoms. The topological polar surface area (TPSA) is 53.1 Å². The Hall–Kier alpha value is -1.81. The van der Waals surface area contributed by atoms with Gasteiger partial charge >= 0.3 is 0 Å². The summed E-state index contributed by atoms with van der Waals surface area (Å²) in [6.45, 7) is 2.40. The van der Waals surface area contributed by atoms with Crippen LogP contribution < -0.4 is 10.5 Å². The first-order valence-electron chi connectivity index (χ1n) is 5.60. The number of para-hydroxylation sites is 1. The van der Waals surface area contributed by atoms with Crippen LogP contribution in [0, 0.1) is 6.92 Å². The van der Waals surface area contributed by atoms with Gasteiger partial charge in [0.15, 0.2) is 0 Å². The highest BCUT2D eigenvalue weighted by molar-refractivity contribution is 5.21. The number of hydrogen-bond donors (Lipinski definition) is 1. The monoisotopic (exact) mass is 231 g/mol. The Labute approximate surface area is 101 Å². The summed E-state index contributed by atoms with van der Waals surface area (Å²) in [5, 5.41) is 0. The zero-order valence-electron chi connectivity index (χ0n) is 10.1. The van der Waals surface area contributed by atoms with Crippen LogP contribution in [0.15, 0.2) is 36.5 Å². The molecule has 2 N–H and O–H groups in total. The second-order valence-electron chi connectivity index (χ2n) is 4.02. The predicted octanol–water partition coefficient (Wildman–Crippen LogP) is 1.81. The Balaban J connectivity index is 1.98. The van der Waals surface area contributed by atoms with Crippen molar-refractivity contribution in [1.82, 2.24) is 9.55 Å². The predicted molar refractivity (Wildman–Crippen MR) is 66.8 cm³/mol. The Morgan fingerprint density at radius 3 is 2.65 bits per heavy atom. The van der Waals surface area contributed by atoms with E-state index in [2.05, 4.69) is 4.98 Å². The first-order valence-corrected chi connectivity index (χ1v) is 5.60. The maximum absolute atomic E-state index is 6.07. The van der Waals surface area contributed by atoms with Crippen molar-refractivity contribution in [2.75, 3.05) is 6.61 Å². The van der Waals surface area contributed by atoms with Crippen molar-refractivity contribution in [2.24, 2.45) is 12.8 Å². The van der Waals surface area contributed by atoms with E-state index in [1.165, 1.54) is 0 Å². The second-order valence-corrected chi connectivity index (χ2v) is 4.02. The van der Waals surface area contributed by atoms with Gasteiger partial charge in [0.25, 0.3) is 0 Å². The van der Waals surface area contributed by atoms with Gasteiger partial charge in [0, 0.05) is 7.05 Å². The molecule has 4 nitrogen and oxygen atoms in total. The largest absolute Gasteiger partial charge is 0.492 e. The maximum atomic E-state index is 6.07. The molecule has 1 unspecified atom stereocenters. The summed E-state index contributed by atoms with van der Waals surface area (Å²) in [5.74, 6) is 1.79. The van der Waals surface area contributed by atoms with Gasteiger partial charge in [-0.15, -0.1) is 0 Å². The first-order chi connectivity index (χ1) is 8.18. The highest BCUT2D eigenvalue weighted by Crippen LogP contribution is 2.14. The van der Waals surface area contributed by atoms with E-state index in [9.17, 15) is 0 Å². The molecule has 0 aliphatic heterocycles. The van der Waals surface area contributed by atoms with Gasteiger partial charge in [0.2, 0.25) is 0 Å². The zero-order chi connectivity index (χ0) is 12.3. The minimum atomic E-state index is -0.165. The van der Waals surface area contributed by atoms with Crippen molar-refractivity contribution in [2.45, 2.75) is 13.0 Å². The van der Waals surface area contributed by atoms with Gasteiger partial charge in [-0.05, 0) is 19.1 Å². The van der Waals surface area contributed by atoms with Crippen LogP contribution in [0.25, 0.3) is 0 Å². The molecule has 90 valence electrons. The fraction of sp³-hybridized carbons (Fsp3) is 0.308. The number of hydrogen-bond acceptors (Lipinski definition) is 3. The van der Waals surface area contributed by atoms with E-state index in [1.54, 1.807) is 6.20 Å². The molecule has 0 saturated heterocycles. The highest BCUT2D eigenvalue weighted by Gasteiger charge is 2.12. The van der Waals surface area contributed by atoms with Crippen LogP contribution in [0.1, 0.15) is 17.6 Å². The molecule has 17 heavy (non-hydrogen) atoms. The van der Waals surface area contributed by atoms with Gasteiger partial charge in [0.05, 0.1) is 17.9 Å². The second kappa shape index (κ2) is 5.01. The van der Waals surface area contributed by atoms with E-state index in [0.717, 1.165) is 17.3 Å². The quantitative estimate of drug-likeness (QED) is 0.873. The summed E-state index contributed by atoms with van der Waals surface area (Å²) < 4.78 is 7.61. The average Bonchev–Trinajstić information content (AvgIpc) is 2.69. The van der Waals surface area contributed by atoms with E-state index in [1.807, 2.05) is 48.9 Å². The molecule has 0 aliphatic rings. The van der Waals surface area contributed by atoms with Gasteiger partial charge in [-0.25, -0.2) is 4.98 Å². The third-order valence-electron chi connectivity index (χ3n) is 2.81. The molecule has 1 aromatic heterocycles. The summed E-state index contributed by atoms with van der Waals surface area (Å²) in [7, 11) is 1.96. The number of rotatable bonds is 4. The van der Waals surface area contributed by atoms with Gasteiger partial charge in [-0.3, -0.25) is 0 Å². The van der Waals surface area contributed by atoms with E-state index < -0.39 is 0 Å². The van der Waals surface area contributed by atoms with Crippen molar-refractivity contribution in [3.63, 3.8) is 0 Å². The standard InChI is InChI=1S/C13H17N3O/c1-10-15-8-13(16(10)2)12(14)9-17-11-6-4-3-5-7-11/h3-8,12H,9,14H2,1-2H3. The van der Waals surface area contributed by atoms with Crippen LogP contribution in [-0.2, 0) is 7.05 Å². The number of aromatic nitrogens is 2. The lowest BCUT2D eigenvalue weighted by Gasteiger charge is -2.14. The van der Waals surface area contributed by atoms with Crippen molar-refractivity contribution in [3.05, 3.63) is 48.0 Å². The van der Waals surface area contributed by atoms with Crippen LogP contribution in [-0.4, -0.2) is 16.2 Å². The fourth-order valence-electron chi connectivity index (χ4n) is 1.65. The Morgan fingerprint density at radius 1 is 1.35 bits per heavy atom. The molecule has 0 radical (unpaired) electrons. The van der Waals surface area contributed by atoms with Crippen LogP contribution >= 0.6 is 0 Å². The molecule has 2 rings (SSSR count). The Morgan fingerprint density at radius 2 is 2.06 bits per heavy atom. The van der Waals surface area contributed by atoms with Crippen LogP contribution in [0.2, 0.25) is 0 Å². The third kappa shape index (κ3) is 2.65. The number of aryl methyl sites for hydroxylation is 1. The normalized spacial score (nSPS) is 12.4. The lowest BCUT2D eigenvalue weighted by molar-refractivity contribution is 0.286. The van der Waals surface area contributed by atoms with Crippen molar-refractivity contribution in [3.8, 4) is 5.75 Å². The van der Waals surface area contributed by atoms with E-state index in [0.29, 0.717) is 6.61 Å². The molecule has 0 aliphatic carbocycles. The Bertz CT molecular complexity index is 479. The number of ether oxygens (including phenoxy) is 1. The first kappa shape index (κ1) is 11.7. The van der Waals surface area contributed by atoms with E-state index in [-0.39, 0.29) is 6.04 Å². The molecule has 1 atom stereocenters. The van der Waals surface area contributed by atoms with E-state index in [4.69, 9.17) is 10.5 Å². The highest BCUT2D eigenvalue weighted by atomic mass is 16.5. The summed E-state index contributed by atoms with van der Waals surface area (Å²) in [5.41, 5.74) is 7.06. The number of benzene rings is 1. The molecule has 0 bridgehead atoms. The molecule has 1 aromatic carbocycles. The van der Waals surface area contributed by atoms with Crippen molar-refractivity contribution < 1.29 is 4.74 Å². The van der Waals surface area contributed by atoms with Gasteiger partial charge < -0.3 is 15.0 Å². The number of nitrogens with two attached hydrogens (primary N) is 1. The minimum absolute atomic E-state index is 0.165. The van der Waals surface area contributed by atoms with E-state index >= 15 is 0 Å². The minimum Gasteiger partial charge on any atom is -0.492 e. The molecule has 1 heterocycles. The summed E-state index contributed by atoms with van der Waals surface area (Å²) in [4.78, 5) is 4.22. The fourth-order valence-corrected chi connectivity index (χ4v) is 1.65. The lowest BCUT2D eigenvalue weighted by atomic mass is 10.2. The summed E-state index contributed by atoms with van der Waals surface area (Å²) in [6, 6.07) is 9.51. The maximum Gasteiger partial charge on any atom is 0.119 e. The average molecular weight is 231 g/mol. The van der Waals surface area contributed by atoms with Crippen LogP contribution in [0.3, 0.4) is 0 Å². The number of imidazole rings is 1. The zero-order valence-corrected chi connectivity index (χ0v) is 10.1. The van der Waals surface area contributed by atoms with Crippen LogP contribution in [0.5, 0.6) is 5.75 Å². The van der Waals surface area contributed by atoms with Gasteiger partial charge in [0.1, 0.15) is 18.2 Å². The summed E-state index contributed by atoms with van der Waals surface area (Å²) >= 11 is 0. The number of nitrogens with zero attached hydrogens (tertiary/aromatic N) is 2. The van der Waals surface area contributed by atoms with Crippen molar-refractivity contribution in [1.29, 1.82) is 0 Å². The van der Waals surface area contributed by atoms with Crippen molar-refractivity contribution >= 4 is 0 Å². The van der Waals surface area contributed by atoms with Crippen LogP contribution in [0.4, 0.5) is 0 Å². The third-order valence-corrected chi connectivity index (χ3v) is 2.81. The molecule has 0 fully saturated rings. The molecule has 4 heteroatoms. The lowest BCUT2D eigenvalue weighted by Crippen LogP contribution is -2.21. The molecule has 0 amide bonds. The molecular formula is C13H17N3O. The SMILES string of the molecule is Cc1ncc(C(N)COc2ccccc2)n1C. The van der Waals surface area contributed by atoms with Gasteiger partial charge in [-0.2, -0.15) is 0 Å². The smallest absolute Gasteiger partial charge is 0.119 e. The summed E-state index contributed by atoms with van der Waals surface area (Å²) in [6.07, 6.45) is 1.80. The van der Waals surface area contributed by atoms with Gasteiger partial charge in [-0.1, -0.05) is 18.2 Å².